The first-order chi connectivity index (χ1) is 13.6. The zero-order valence-corrected chi connectivity index (χ0v) is 18.4. The lowest BCUT2D eigenvalue weighted by molar-refractivity contribution is 0.0596. The molecule has 0 bridgehead atoms. The molecule has 0 fully saturated rings. The molecule has 0 aliphatic rings. The number of amides is 1. The minimum absolute atomic E-state index is 0.00538. The molecule has 0 radical (unpaired) electrons. The van der Waals surface area contributed by atoms with E-state index in [4.69, 9.17) is 0 Å². The maximum atomic E-state index is 12.7. The zero-order valence-electron chi connectivity index (χ0n) is 16.7. The standard InChI is InChI=1S/C17H23N5O5S2/c1-11(2)14-19-16(22(20-14)17(24)21(3)4)28-10-18-29(25,26)13-9-7-6-8-12(13)15(23)27-5/h6-9,11,18H,10H2,1-5H3. The monoisotopic (exact) mass is 441 g/mol. The lowest BCUT2D eigenvalue weighted by Gasteiger charge is -2.12. The maximum absolute atomic E-state index is 12.7. The molecule has 158 valence electrons. The van der Waals surface area contributed by atoms with Crippen LogP contribution in [0.25, 0.3) is 0 Å². The topological polar surface area (TPSA) is 123 Å². The Morgan fingerprint density at radius 1 is 1.28 bits per heavy atom. The third-order valence-corrected chi connectivity index (χ3v) is 6.16. The van der Waals surface area contributed by atoms with E-state index in [1.54, 1.807) is 20.2 Å². The van der Waals surface area contributed by atoms with Crippen LogP contribution in [-0.4, -0.2) is 67.2 Å². The number of rotatable bonds is 7. The van der Waals surface area contributed by atoms with Crippen LogP contribution in [0.3, 0.4) is 0 Å². The maximum Gasteiger partial charge on any atom is 0.346 e. The number of carbonyl (C=O) groups is 2. The van der Waals surface area contributed by atoms with Crippen molar-refractivity contribution in [1.29, 1.82) is 0 Å². The van der Waals surface area contributed by atoms with Crippen LogP contribution in [0.1, 0.15) is 35.9 Å². The van der Waals surface area contributed by atoms with Crippen molar-refractivity contribution in [3.8, 4) is 0 Å². The van der Waals surface area contributed by atoms with Gasteiger partial charge in [-0.25, -0.2) is 27.7 Å². The van der Waals surface area contributed by atoms with Crippen LogP contribution in [0.5, 0.6) is 0 Å². The number of carbonyl (C=O) groups excluding carboxylic acids is 2. The number of nitrogens with zero attached hydrogens (tertiary/aromatic N) is 4. The number of hydrogen-bond acceptors (Lipinski definition) is 8. The Morgan fingerprint density at radius 3 is 2.52 bits per heavy atom. The van der Waals surface area contributed by atoms with E-state index in [9.17, 15) is 18.0 Å². The third-order valence-electron chi connectivity index (χ3n) is 3.71. The summed E-state index contributed by atoms with van der Waals surface area (Å²) in [4.78, 5) is 29.6. The zero-order chi connectivity index (χ0) is 21.8. The fourth-order valence-electron chi connectivity index (χ4n) is 2.19. The number of methoxy groups -OCH3 is 1. The van der Waals surface area contributed by atoms with Crippen LogP contribution in [0.4, 0.5) is 4.79 Å². The number of aromatic nitrogens is 3. The van der Waals surface area contributed by atoms with Crippen molar-refractivity contribution < 1.29 is 22.7 Å². The molecule has 0 aliphatic carbocycles. The molecular formula is C17H23N5O5S2. The largest absolute Gasteiger partial charge is 0.465 e. The molecule has 1 aromatic carbocycles. The van der Waals surface area contributed by atoms with E-state index in [-0.39, 0.29) is 27.4 Å². The van der Waals surface area contributed by atoms with Crippen molar-refractivity contribution in [3.05, 3.63) is 35.7 Å². The molecule has 0 saturated heterocycles. The molecule has 2 aromatic rings. The molecule has 0 atom stereocenters. The van der Waals surface area contributed by atoms with Crippen molar-refractivity contribution in [1.82, 2.24) is 24.4 Å². The fraction of sp³-hybridized carbons (Fsp3) is 0.412. The Hall–Kier alpha value is -2.44. The van der Waals surface area contributed by atoms with Gasteiger partial charge in [0, 0.05) is 20.0 Å². The molecule has 0 spiro atoms. The highest BCUT2D eigenvalue weighted by Crippen LogP contribution is 2.21. The predicted octanol–water partition coefficient (Wildman–Crippen LogP) is 1.75. The quantitative estimate of drug-likeness (QED) is 0.392. The summed E-state index contributed by atoms with van der Waals surface area (Å²) in [6.07, 6.45) is 0. The molecule has 0 aliphatic heterocycles. The van der Waals surface area contributed by atoms with Crippen molar-refractivity contribution in [3.63, 3.8) is 0 Å². The number of sulfonamides is 1. The first kappa shape index (κ1) is 22.8. The van der Waals surface area contributed by atoms with Crippen molar-refractivity contribution in [2.75, 3.05) is 27.1 Å². The predicted molar refractivity (Wildman–Crippen MR) is 107 cm³/mol. The Morgan fingerprint density at radius 2 is 1.93 bits per heavy atom. The second-order valence-corrected chi connectivity index (χ2v) is 9.10. The van der Waals surface area contributed by atoms with E-state index >= 15 is 0 Å². The van der Waals surface area contributed by atoms with Crippen molar-refractivity contribution in [2.24, 2.45) is 0 Å². The molecule has 1 N–H and O–H groups in total. The van der Waals surface area contributed by atoms with Crippen molar-refractivity contribution >= 4 is 33.8 Å². The smallest absolute Gasteiger partial charge is 0.346 e. The van der Waals surface area contributed by atoms with Crippen molar-refractivity contribution in [2.45, 2.75) is 29.8 Å². The van der Waals surface area contributed by atoms with Gasteiger partial charge in [0.15, 0.2) is 11.0 Å². The highest BCUT2D eigenvalue weighted by Gasteiger charge is 2.24. The highest BCUT2D eigenvalue weighted by atomic mass is 32.2. The van der Waals surface area contributed by atoms with Gasteiger partial charge in [-0.3, -0.25) is 0 Å². The van der Waals surface area contributed by atoms with Gasteiger partial charge in [0.2, 0.25) is 10.0 Å². The Bertz CT molecular complexity index is 1000. The van der Waals surface area contributed by atoms with Gasteiger partial charge in [0.05, 0.1) is 23.4 Å². The summed E-state index contributed by atoms with van der Waals surface area (Å²) in [5.41, 5.74) is -0.0689. The molecule has 2 rings (SSSR count). The Balaban J connectivity index is 2.22. The summed E-state index contributed by atoms with van der Waals surface area (Å²) in [5.74, 6) is -0.401. The second-order valence-electron chi connectivity index (χ2n) is 6.42. The van der Waals surface area contributed by atoms with Crippen LogP contribution in [0.2, 0.25) is 0 Å². The van der Waals surface area contributed by atoms with Crippen LogP contribution < -0.4 is 4.72 Å². The number of benzene rings is 1. The average molecular weight is 442 g/mol. The van der Waals surface area contributed by atoms with Gasteiger partial charge < -0.3 is 9.64 Å². The number of ether oxygens (including phenoxy) is 1. The molecule has 12 heteroatoms. The summed E-state index contributed by atoms with van der Waals surface area (Å²) in [7, 11) is 0.343. The summed E-state index contributed by atoms with van der Waals surface area (Å²) in [6.45, 7) is 3.78. The third kappa shape index (κ3) is 5.34. The highest BCUT2D eigenvalue weighted by molar-refractivity contribution is 8.00. The number of hydrogen-bond donors (Lipinski definition) is 1. The molecule has 0 unspecified atom stereocenters. The number of esters is 1. The second kappa shape index (κ2) is 9.37. The molecule has 29 heavy (non-hydrogen) atoms. The van der Waals surface area contributed by atoms with E-state index in [1.807, 2.05) is 13.8 Å². The van der Waals surface area contributed by atoms with E-state index in [0.717, 1.165) is 16.4 Å². The molecule has 1 heterocycles. The number of thioether (sulfide) groups is 1. The molecule has 10 nitrogen and oxygen atoms in total. The molecule has 0 saturated carbocycles. The normalized spacial score (nSPS) is 11.5. The van der Waals surface area contributed by atoms with Crippen LogP contribution in [0.15, 0.2) is 34.3 Å². The van der Waals surface area contributed by atoms with Gasteiger partial charge in [-0.2, -0.15) is 4.68 Å². The van der Waals surface area contributed by atoms with Gasteiger partial charge in [0.25, 0.3) is 0 Å². The summed E-state index contributed by atoms with van der Waals surface area (Å²) >= 11 is 1.01. The van der Waals surface area contributed by atoms with Crippen LogP contribution >= 0.6 is 11.8 Å². The number of nitrogens with one attached hydrogen (secondary N) is 1. The molecule has 1 aromatic heterocycles. The van der Waals surface area contributed by atoms with E-state index in [2.05, 4.69) is 19.5 Å². The van der Waals surface area contributed by atoms with E-state index in [0.29, 0.717) is 5.82 Å². The van der Waals surface area contributed by atoms with Crippen LogP contribution in [0, 0.1) is 0 Å². The Kier molecular flexibility index (Phi) is 7.38. The lowest BCUT2D eigenvalue weighted by atomic mass is 10.2. The van der Waals surface area contributed by atoms with Gasteiger partial charge in [-0.1, -0.05) is 37.7 Å². The minimum atomic E-state index is -4.00. The van der Waals surface area contributed by atoms with E-state index in [1.165, 1.54) is 30.2 Å². The summed E-state index contributed by atoms with van der Waals surface area (Å²) in [6, 6.07) is 5.34. The lowest BCUT2D eigenvalue weighted by Crippen LogP contribution is -2.29. The Labute approximate surface area is 173 Å². The first-order valence-corrected chi connectivity index (χ1v) is 11.0. The summed E-state index contributed by atoms with van der Waals surface area (Å²) < 4.78 is 33.5. The fourth-order valence-corrected chi connectivity index (χ4v) is 4.43. The van der Waals surface area contributed by atoms with E-state index < -0.39 is 22.0 Å². The van der Waals surface area contributed by atoms with Gasteiger partial charge in [-0.15, -0.1) is 5.10 Å². The first-order valence-electron chi connectivity index (χ1n) is 8.57. The summed E-state index contributed by atoms with van der Waals surface area (Å²) in [5, 5.41) is 4.47. The minimum Gasteiger partial charge on any atom is -0.465 e. The SMILES string of the molecule is COC(=O)c1ccccc1S(=O)(=O)NCSc1nc(C(C)C)nn1C(=O)N(C)C. The van der Waals surface area contributed by atoms with Gasteiger partial charge in [0.1, 0.15) is 0 Å². The van der Waals surface area contributed by atoms with Crippen LogP contribution in [-0.2, 0) is 14.8 Å². The molecule has 1 amide bonds. The molecular weight excluding hydrogens is 418 g/mol. The van der Waals surface area contributed by atoms with Gasteiger partial charge in [-0.05, 0) is 12.1 Å². The van der Waals surface area contributed by atoms with Gasteiger partial charge >= 0.3 is 12.0 Å². The average Bonchev–Trinajstić information content (AvgIpc) is 3.10.